The van der Waals surface area contributed by atoms with E-state index in [0.29, 0.717) is 6.61 Å². The molecule has 0 amide bonds. The molecular weight excluding hydrogens is 264 g/mol. The molecule has 0 saturated heterocycles. The SMILES string of the molecule is COCCNCc1cccc(OCc2cncc(C)c2)c1. The van der Waals surface area contributed by atoms with Gasteiger partial charge in [-0.05, 0) is 36.2 Å². The third kappa shape index (κ3) is 5.53. The van der Waals surface area contributed by atoms with Crippen molar-refractivity contribution in [3.8, 4) is 5.75 Å². The quantitative estimate of drug-likeness (QED) is 0.758. The number of nitrogens with one attached hydrogen (secondary N) is 1. The number of pyridine rings is 1. The second kappa shape index (κ2) is 8.39. The predicted octanol–water partition coefficient (Wildman–Crippen LogP) is 2.71. The summed E-state index contributed by atoms with van der Waals surface area (Å²) in [6.45, 7) is 4.94. The Bertz CT molecular complexity index is 558. The zero-order valence-electron chi connectivity index (χ0n) is 12.6. The van der Waals surface area contributed by atoms with E-state index in [1.54, 1.807) is 7.11 Å². The first-order valence-corrected chi connectivity index (χ1v) is 7.10. The Balaban J connectivity index is 1.86. The molecule has 1 aromatic heterocycles. The van der Waals surface area contributed by atoms with Crippen LogP contribution in [0.25, 0.3) is 0 Å². The van der Waals surface area contributed by atoms with Crippen molar-refractivity contribution in [2.75, 3.05) is 20.3 Å². The fourth-order valence-electron chi connectivity index (χ4n) is 2.02. The lowest BCUT2D eigenvalue weighted by Gasteiger charge is -2.09. The minimum absolute atomic E-state index is 0.537. The van der Waals surface area contributed by atoms with E-state index in [-0.39, 0.29) is 0 Å². The normalized spacial score (nSPS) is 10.6. The molecule has 1 aromatic carbocycles. The summed E-state index contributed by atoms with van der Waals surface area (Å²) in [6.07, 6.45) is 3.68. The third-order valence-electron chi connectivity index (χ3n) is 3.05. The van der Waals surface area contributed by atoms with E-state index in [9.17, 15) is 0 Å². The minimum Gasteiger partial charge on any atom is -0.489 e. The second-order valence-electron chi connectivity index (χ2n) is 4.98. The zero-order chi connectivity index (χ0) is 14.9. The number of hydrogen-bond acceptors (Lipinski definition) is 4. The number of ether oxygens (including phenoxy) is 2. The standard InChI is InChI=1S/C17H22N2O2/c1-14-8-16(12-19-10-14)13-21-17-5-3-4-15(9-17)11-18-6-7-20-2/h3-5,8-10,12,18H,6-7,11,13H2,1-2H3. The van der Waals surface area contributed by atoms with Gasteiger partial charge in [0, 0.05) is 38.2 Å². The Morgan fingerprint density at radius 2 is 2.05 bits per heavy atom. The van der Waals surface area contributed by atoms with Crippen LogP contribution in [-0.4, -0.2) is 25.2 Å². The van der Waals surface area contributed by atoms with Gasteiger partial charge in [0.1, 0.15) is 12.4 Å². The molecule has 0 aliphatic rings. The molecule has 0 saturated carbocycles. The largest absolute Gasteiger partial charge is 0.489 e. The minimum atomic E-state index is 0.537. The van der Waals surface area contributed by atoms with Crippen LogP contribution in [0.15, 0.2) is 42.7 Å². The Labute approximate surface area is 126 Å². The molecule has 112 valence electrons. The van der Waals surface area contributed by atoms with Crippen LogP contribution in [0.5, 0.6) is 5.75 Å². The molecular formula is C17H22N2O2. The lowest BCUT2D eigenvalue weighted by molar-refractivity contribution is 0.199. The van der Waals surface area contributed by atoms with Crippen LogP contribution in [-0.2, 0) is 17.9 Å². The molecule has 0 aliphatic carbocycles. The highest BCUT2D eigenvalue weighted by Gasteiger charge is 1.99. The maximum Gasteiger partial charge on any atom is 0.120 e. The van der Waals surface area contributed by atoms with Crippen molar-refractivity contribution in [3.63, 3.8) is 0 Å². The average molecular weight is 286 g/mol. The average Bonchev–Trinajstić information content (AvgIpc) is 2.50. The van der Waals surface area contributed by atoms with E-state index in [1.165, 1.54) is 5.56 Å². The van der Waals surface area contributed by atoms with E-state index in [4.69, 9.17) is 9.47 Å². The topological polar surface area (TPSA) is 43.4 Å². The Morgan fingerprint density at radius 1 is 1.14 bits per heavy atom. The van der Waals surface area contributed by atoms with Crippen LogP contribution < -0.4 is 10.1 Å². The van der Waals surface area contributed by atoms with Gasteiger partial charge < -0.3 is 14.8 Å². The smallest absolute Gasteiger partial charge is 0.120 e. The van der Waals surface area contributed by atoms with Crippen LogP contribution in [0.4, 0.5) is 0 Å². The van der Waals surface area contributed by atoms with Crippen LogP contribution in [0, 0.1) is 6.92 Å². The van der Waals surface area contributed by atoms with Crippen molar-refractivity contribution in [2.45, 2.75) is 20.1 Å². The van der Waals surface area contributed by atoms with Gasteiger partial charge >= 0.3 is 0 Å². The van der Waals surface area contributed by atoms with Gasteiger partial charge in [0.2, 0.25) is 0 Å². The van der Waals surface area contributed by atoms with Gasteiger partial charge in [-0.3, -0.25) is 4.98 Å². The van der Waals surface area contributed by atoms with Crippen molar-refractivity contribution in [2.24, 2.45) is 0 Å². The van der Waals surface area contributed by atoms with Gasteiger partial charge in [-0.2, -0.15) is 0 Å². The number of methoxy groups -OCH3 is 1. The van der Waals surface area contributed by atoms with Crippen molar-refractivity contribution in [1.82, 2.24) is 10.3 Å². The molecule has 4 nitrogen and oxygen atoms in total. The molecule has 1 heterocycles. The lowest BCUT2D eigenvalue weighted by atomic mass is 10.2. The summed E-state index contributed by atoms with van der Waals surface area (Å²) in [4.78, 5) is 4.17. The van der Waals surface area contributed by atoms with Gasteiger partial charge in [-0.15, -0.1) is 0 Å². The van der Waals surface area contributed by atoms with E-state index >= 15 is 0 Å². The molecule has 0 bridgehead atoms. The fourth-order valence-corrected chi connectivity index (χ4v) is 2.02. The first-order chi connectivity index (χ1) is 10.3. The number of rotatable bonds is 8. The molecule has 21 heavy (non-hydrogen) atoms. The van der Waals surface area contributed by atoms with Crippen molar-refractivity contribution in [1.29, 1.82) is 0 Å². The first-order valence-electron chi connectivity index (χ1n) is 7.10. The Hall–Kier alpha value is -1.91. The molecule has 0 fully saturated rings. The van der Waals surface area contributed by atoms with Gasteiger partial charge in [-0.1, -0.05) is 12.1 Å². The van der Waals surface area contributed by atoms with Crippen LogP contribution in [0.3, 0.4) is 0 Å². The summed E-state index contributed by atoms with van der Waals surface area (Å²) < 4.78 is 10.8. The number of aromatic nitrogens is 1. The zero-order valence-corrected chi connectivity index (χ0v) is 12.6. The van der Waals surface area contributed by atoms with E-state index in [2.05, 4.69) is 28.5 Å². The number of nitrogens with zero attached hydrogens (tertiary/aromatic N) is 1. The molecule has 2 aromatic rings. The summed E-state index contributed by atoms with van der Waals surface area (Å²) in [5.74, 6) is 0.877. The van der Waals surface area contributed by atoms with E-state index < -0.39 is 0 Å². The van der Waals surface area contributed by atoms with E-state index in [0.717, 1.165) is 36.6 Å². The predicted molar refractivity (Wildman–Crippen MR) is 83.3 cm³/mol. The lowest BCUT2D eigenvalue weighted by Crippen LogP contribution is -2.18. The third-order valence-corrected chi connectivity index (χ3v) is 3.05. The molecule has 1 N–H and O–H groups in total. The van der Waals surface area contributed by atoms with Crippen molar-refractivity contribution >= 4 is 0 Å². The molecule has 0 atom stereocenters. The van der Waals surface area contributed by atoms with Crippen LogP contribution in [0.2, 0.25) is 0 Å². The van der Waals surface area contributed by atoms with Crippen molar-refractivity contribution < 1.29 is 9.47 Å². The fraction of sp³-hybridized carbons (Fsp3) is 0.353. The summed E-state index contributed by atoms with van der Waals surface area (Å²) in [7, 11) is 1.70. The number of benzene rings is 1. The van der Waals surface area contributed by atoms with Gasteiger partial charge in [-0.25, -0.2) is 0 Å². The summed E-state index contributed by atoms with van der Waals surface area (Å²) >= 11 is 0. The number of aryl methyl sites for hydroxylation is 1. The van der Waals surface area contributed by atoms with Crippen LogP contribution in [0.1, 0.15) is 16.7 Å². The Morgan fingerprint density at radius 3 is 2.86 bits per heavy atom. The highest BCUT2D eigenvalue weighted by molar-refractivity contribution is 5.29. The second-order valence-corrected chi connectivity index (χ2v) is 4.98. The van der Waals surface area contributed by atoms with Crippen molar-refractivity contribution in [3.05, 3.63) is 59.4 Å². The monoisotopic (exact) mass is 286 g/mol. The summed E-state index contributed by atoms with van der Waals surface area (Å²) in [5, 5.41) is 3.32. The summed E-state index contributed by atoms with van der Waals surface area (Å²) in [6, 6.07) is 10.2. The van der Waals surface area contributed by atoms with E-state index in [1.807, 2.05) is 31.5 Å². The van der Waals surface area contributed by atoms with Gasteiger partial charge in [0.25, 0.3) is 0 Å². The molecule has 0 spiro atoms. The molecule has 2 rings (SSSR count). The van der Waals surface area contributed by atoms with Gasteiger partial charge in [0.05, 0.1) is 6.61 Å². The maximum absolute atomic E-state index is 5.82. The highest BCUT2D eigenvalue weighted by atomic mass is 16.5. The molecule has 0 unspecified atom stereocenters. The number of hydrogen-bond donors (Lipinski definition) is 1. The summed E-state index contributed by atoms with van der Waals surface area (Å²) in [5.41, 5.74) is 3.43. The first kappa shape index (κ1) is 15.5. The maximum atomic E-state index is 5.82. The molecule has 0 aliphatic heterocycles. The van der Waals surface area contributed by atoms with Gasteiger partial charge in [0.15, 0.2) is 0 Å². The Kier molecular flexibility index (Phi) is 6.19. The van der Waals surface area contributed by atoms with Crippen LogP contribution >= 0.6 is 0 Å². The molecule has 0 radical (unpaired) electrons. The highest BCUT2D eigenvalue weighted by Crippen LogP contribution is 2.15. The molecule has 4 heteroatoms.